The number of aromatic carboxylic acids is 2. The molecule has 0 radical (unpaired) electrons. The largest absolute Gasteiger partial charge is 0.497 e. The summed E-state index contributed by atoms with van der Waals surface area (Å²) in [6.45, 7) is 0. The van der Waals surface area contributed by atoms with Gasteiger partial charge in [0.05, 0.1) is 19.0 Å². The third-order valence-electron chi connectivity index (χ3n) is 3.39. The first-order chi connectivity index (χ1) is 12.0. The molecule has 0 amide bonds. The van der Waals surface area contributed by atoms with E-state index < -0.39 is 23.3 Å². The van der Waals surface area contributed by atoms with E-state index in [4.69, 9.17) is 14.9 Å². The Kier molecular flexibility index (Phi) is 4.12. The van der Waals surface area contributed by atoms with E-state index in [1.807, 2.05) is 0 Å². The SMILES string of the molecule is COc1ccc(-c2cn(-c3cc(C(=O)O)nc(C(=O)O)c3)nn2)cc1. The van der Waals surface area contributed by atoms with Crippen LogP contribution >= 0.6 is 0 Å². The van der Waals surface area contributed by atoms with Crippen molar-refractivity contribution < 1.29 is 24.5 Å². The zero-order valence-electron chi connectivity index (χ0n) is 12.9. The zero-order valence-corrected chi connectivity index (χ0v) is 12.9. The summed E-state index contributed by atoms with van der Waals surface area (Å²) in [5.74, 6) is -1.97. The highest BCUT2D eigenvalue weighted by Gasteiger charge is 2.15. The number of hydrogen-bond acceptors (Lipinski definition) is 6. The Balaban J connectivity index is 2.01. The van der Waals surface area contributed by atoms with Crippen LogP contribution < -0.4 is 4.74 Å². The molecule has 0 bridgehead atoms. The minimum Gasteiger partial charge on any atom is -0.497 e. The lowest BCUT2D eigenvalue weighted by atomic mass is 10.1. The molecule has 25 heavy (non-hydrogen) atoms. The molecule has 9 nitrogen and oxygen atoms in total. The summed E-state index contributed by atoms with van der Waals surface area (Å²) >= 11 is 0. The van der Waals surface area contributed by atoms with Crippen molar-refractivity contribution in [3.05, 3.63) is 54.0 Å². The average Bonchev–Trinajstić information content (AvgIpc) is 3.11. The topological polar surface area (TPSA) is 127 Å². The maximum Gasteiger partial charge on any atom is 0.354 e. The van der Waals surface area contributed by atoms with Crippen molar-refractivity contribution in [2.45, 2.75) is 0 Å². The summed E-state index contributed by atoms with van der Waals surface area (Å²) in [6.07, 6.45) is 1.56. The van der Waals surface area contributed by atoms with Gasteiger partial charge in [-0.2, -0.15) is 0 Å². The van der Waals surface area contributed by atoms with Crippen LogP contribution in [0.15, 0.2) is 42.6 Å². The van der Waals surface area contributed by atoms with Crippen LogP contribution in [0.5, 0.6) is 5.75 Å². The molecule has 0 spiro atoms. The predicted molar refractivity (Wildman–Crippen MR) is 85.1 cm³/mol. The molecule has 0 saturated carbocycles. The van der Waals surface area contributed by atoms with E-state index in [9.17, 15) is 9.59 Å². The average molecular weight is 340 g/mol. The number of methoxy groups -OCH3 is 1. The lowest BCUT2D eigenvalue weighted by Crippen LogP contribution is -2.10. The molecule has 9 heteroatoms. The van der Waals surface area contributed by atoms with Crippen LogP contribution in [0.3, 0.4) is 0 Å². The molecule has 0 fully saturated rings. The van der Waals surface area contributed by atoms with Crippen molar-refractivity contribution in [3.8, 4) is 22.7 Å². The van der Waals surface area contributed by atoms with Gasteiger partial charge in [0.1, 0.15) is 11.4 Å². The highest BCUT2D eigenvalue weighted by Crippen LogP contribution is 2.21. The maximum absolute atomic E-state index is 11.1. The number of carboxylic acids is 2. The molecule has 0 aliphatic carbocycles. The first kappa shape index (κ1) is 16.1. The van der Waals surface area contributed by atoms with Gasteiger partial charge in [-0.25, -0.2) is 19.3 Å². The van der Waals surface area contributed by atoms with Gasteiger partial charge in [0.25, 0.3) is 0 Å². The molecule has 3 aromatic rings. The first-order valence-corrected chi connectivity index (χ1v) is 7.04. The van der Waals surface area contributed by atoms with Gasteiger partial charge < -0.3 is 14.9 Å². The molecule has 3 rings (SSSR count). The van der Waals surface area contributed by atoms with Crippen LogP contribution in [0.4, 0.5) is 0 Å². The van der Waals surface area contributed by atoms with Crippen molar-refractivity contribution >= 4 is 11.9 Å². The second-order valence-corrected chi connectivity index (χ2v) is 4.98. The summed E-state index contributed by atoms with van der Waals surface area (Å²) in [5, 5.41) is 26.1. The number of hydrogen-bond donors (Lipinski definition) is 2. The van der Waals surface area contributed by atoms with Crippen molar-refractivity contribution in [3.63, 3.8) is 0 Å². The third kappa shape index (κ3) is 3.29. The Hall–Kier alpha value is -3.75. The second-order valence-electron chi connectivity index (χ2n) is 4.98. The Morgan fingerprint density at radius 3 is 2.16 bits per heavy atom. The molecule has 0 atom stereocenters. The first-order valence-electron chi connectivity index (χ1n) is 7.04. The van der Waals surface area contributed by atoms with E-state index in [1.165, 1.54) is 16.8 Å². The lowest BCUT2D eigenvalue weighted by Gasteiger charge is -2.04. The third-order valence-corrected chi connectivity index (χ3v) is 3.39. The molecule has 1 aromatic carbocycles. The van der Waals surface area contributed by atoms with Crippen molar-refractivity contribution in [1.82, 2.24) is 20.0 Å². The van der Waals surface area contributed by atoms with Crippen molar-refractivity contribution in [2.75, 3.05) is 7.11 Å². The monoisotopic (exact) mass is 340 g/mol. The van der Waals surface area contributed by atoms with Crippen molar-refractivity contribution in [2.24, 2.45) is 0 Å². The molecular weight excluding hydrogens is 328 g/mol. The van der Waals surface area contributed by atoms with E-state index in [1.54, 1.807) is 37.6 Å². The van der Waals surface area contributed by atoms with E-state index >= 15 is 0 Å². The number of rotatable bonds is 5. The lowest BCUT2D eigenvalue weighted by molar-refractivity contribution is 0.0685. The molecule has 2 heterocycles. The smallest absolute Gasteiger partial charge is 0.354 e. The van der Waals surface area contributed by atoms with Gasteiger partial charge in [-0.15, -0.1) is 5.10 Å². The van der Waals surface area contributed by atoms with Crippen LogP contribution in [-0.4, -0.2) is 49.2 Å². The number of benzene rings is 1. The summed E-state index contributed by atoms with van der Waals surface area (Å²) < 4.78 is 6.38. The van der Waals surface area contributed by atoms with Crippen LogP contribution in [0.1, 0.15) is 21.0 Å². The van der Waals surface area contributed by atoms with Gasteiger partial charge in [-0.05, 0) is 36.4 Å². The highest BCUT2D eigenvalue weighted by molar-refractivity contribution is 5.90. The molecule has 0 aliphatic rings. The van der Waals surface area contributed by atoms with E-state index in [2.05, 4.69) is 15.3 Å². The summed E-state index contributed by atoms with van der Waals surface area (Å²) in [7, 11) is 1.56. The van der Waals surface area contributed by atoms with E-state index in [0.29, 0.717) is 11.4 Å². The summed E-state index contributed by atoms with van der Waals surface area (Å²) in [6, 6.07) is 9.58. The fraction of sp³-hybridized carbons (Fsp3) is 0.0625. The predicted octanol–water partition coefficient (Wildman–Crippen LogP) is 1.73. The number of carbonyl (C=O) groups is 2. The zero-order chi connectivity index (χ0) is 18.0. The number of carboxylic acid groups (broad SMARTS) is 2. The fourth-order valence-corrected chi connectivity index (χ4v) is 2.15. The second kappa shape index (κ2) is 6.40. The Morgan fingerprint density at radius 2 is 1.64 bits per heavy atom. The van der Waals surface area contributed by atoms with Crippen molar-refractivity contribution in [1.29, 1.82) is 0 Å². The standard InChI is InChI=1S/C16H12N4O5/c1-25-11-4-2-9(3-5-11)14-8-20(19-18-14)10-6-12(15(21)22)17-13(7-10)16(23)24/h2-8H,1H3,(H,21,22)(H,23,24). The summed E-state index contributed by atoms with van der Waals surface area (Å²) in [5.41, 5.74) is 0.760. The molecule has 2 aromatic heterocycles. The molecular formula is C16H12N4O5. The molecule has 0 saturated heterocycles. The Morgan fingerprint density at radius 1 is 1.04 bits per heavy atom. The van der Waals surface area contributed by atoms with Crippen LogP contribution in [0, 0.1) is 0 Å². The molecule has 2 N–H and O–H groups in total. The normalized spacial score (nSPS) is 10.4. The quantitative estimate of drug-likeness (QED) is 0.719. The Labute approximate surface area is 141 Å². The van der Waals surface area contributed by atoms with E-state index in [-0.39, 0.29) is 5.69 Å². The minimum absolute atomic E-state index is 0.233. The Bertz CT molecular complexity index is 917. The van der Waals surface area contributed by atoms with Gasteiger partial charge in [0.2, 0.25) is 0 Å². The maximum atomic E-state index is 11.1. The fourth-order valence-electron chi connectivity index (χ4n) is 2.15. The molecule has 0 unspecified atom stereocenters. The summed E-state index contributed by atoms with van der Waals surface area (Å²) in [4.78, 5) is 25.8. The van der Waals surface area contributed by atoms with Gasteiger partial charge in [-0.1, -0.05) is 5.21 Å². The van der Waals surface area contributed by atoms with Crippen LogP contribution in [-0.2, 0) is 0 Å². The number of ether oxygens (including phenoxy) is 1. The number of aromatic nitrogens is 4. The van der Waals surface area contributed by atoms with Gasteiger partial charge in [-0.3, -0.25) is 0 Å². The van der Waals surface area contributed by atoms with Gasteiger partial charge >= 0.3 is 11.9 Å². The highest BCUT2D eigenvalue weighted by atomic mass is 16.5. The molecule has 126 valence electrons. The number of pyridine rings is 1. The molecule has 0 aliphatic heterocycles. The van der Waals surface area contributed by atoms with Crippen LogP contribution in [0.25, 0.3) is 16.9 Å². The van der Waals surface area contributed by atoms with Gasteiger partial charge in [0, 0.05) is 5.56 Å². The minimum atomic E-state index is -1.33. The van der Waals surface area contributed by atoms with Crippen LogP contribution in [0.2, 0.25) is 0 Å². The number of nitrogens with zero attached hydrogens (tertiary/aromatic N) is 4. The van der Waals surface area contributed by atoms with E-state index in [0.717, 1.165) is 5.56 Å². The van der Waals surface area contributed by atoms with Gasteiger partial charge in [0.15, 0.2) is 11.4 Å².